The van der Waals surface area contributed by atoms with Crippen molar-refractivity contribution in [3.05, 3.63) is 12.7 Å². The largest absolute Gasteiger partial charge is 0.726 e. The van der Waals surface area contributed by atoms with Crippen LogP contribution in [0.2, 0.25) is 0 Å². The van der Waals surface area contributed by atoms with Gasteiger partial charge in [0.2, 0.25) is 10.4 Å². The summed E-state index contributed by atoms with van der Waals surface area (Å²) >= 11 is 0. The molecule has 0 aromatic heterocycles. The number of unbranched alkanes of at least 4 members (excludes halogenated alkanes) is 13. The first-order chi connectivity index (χ1) is 16.3. The number of aliphatic hydroxyl groups is 1. The van der Waals surface area contributed by atoms with Crippen molar-refractivity contribution in [2.45, 2.75) is 110 Å². The van der Waals surface area contributed by atoms with Crippen molar-refractivity contribution in [3.8, 4) is 0 Å². The fourth-order valence-corrected chi connectivity index (χ4v) is 4.85. The van der Waals surface area contributed by atoms with Crippen LogP contribution in [0.25, 0.3) is 0 Å². The van der Waals surface area contributed by atoms with Crippen LogP contribution in [0.5, 0.6) is 0 Å². The fourth-order valence-electron chi connectivity index (χ4n) is 4.56. The van der Waals surface area contributed by atoms with Gasteiger partial charge in [0.15, 0.2) is 5.84 Å². The van der Waals surface area contributed by atoms with Gasteiger partial charge in [-0.1, -0.05) is 76.7 Å². The summed E-state index contributed by atoms with van der Waals surface area (Å²) in [5.41, 5.74) is 0. The number of likely N-dealkylation sites (N-methyl/N-ethyl adjacent to an activating group) is 1. The van der Waals surface area contributed by atoms with Crippen molar-refractivity contribution in [3.63, 3.8) is 0 Å². The highest BCUT2D eigenvalue weighted by Crippen LogP contribution is 2.20. The lowest BCUT2D eigenvalue weighted by atomic mass is 10.0. The number of nitrogens with zero attached hydrogens (tertiary/aromatic N) is 2. The number of quaternary nitrogens is 1. The van der Waals surface area contributed by atoms with Crippen molar-refractivity contribution in [2.75, 3.05) is 39.4 Å². The van der Waals surface area contributed by atoms with Crippen LogP contribution in [-0.4, -0.2) is 67.8 Å². The monoisotopic (exact) mass is 504 g/mol. The highest BCUT2D eigenvalue weighted by Gasteiger charge is 2.35. The van der Waals surface area contributed by atoms with Crippen molar-refractivity contribution < 1.29 is 26.7 Å². The molecule has 0 aliphatic carbocycles. The van der Waals surface area contributed by atoms with Crippen molar-refractivity contribution >= 4 is 16.2 Å². The molecule has 1 heterocycles. The minimum absolute atomic E-state index is 0.0914. The lowest BCUT2D eigenvalue weighted by molar-refractivity contribution is -0.835. The Morgan fingerprint density at radius 2 is 1.47 bits per heavy atom. The van der Waals surface area contributed by atoms with E-state index in [1.54, 1.807) is 0 Å². The molecule has 0 saturated carbocycles. The second-order valence-corrected chi connectivity index (χ2v) is 10.2. The van der Waals surface area contributed by atoms with Crippen molar-refractivity contribution in [1.29, 1.82) is 0 Å². The van der Waals surface area contributed by atoms with Crippen LogP contribution in [0.1, 0.15) is 110 Å². The van der Waals surface area contributed by atoms with Gasteiger partial charge in [0.25, 0.3) is 0 Å². The van der Waals surface area contributed by atoms with Gasteiger partial charge >= 0.3 is 0 Å². The van der Waals surface area contributed by atoms with Gasteiger partial charge in [0.1, 0.15) is 13.1 Å². The maximum Gasteiger partial charge on any atom is 0.217 e. The third kappa shape index (κ3) is 17.6. The number of hydrogen-bond donors (Lipinski definition) is 1. The quantitative estimate of drug-likeness (QED) is 0.0705. The molecule has 0 radical (unpaired) electrons. The van der Waals surface area contributed by atoms with E-state index < -0.39 is 10.4 Å². The molecule has 0 aromatic carbocycles. The molecule has 1 N–H and O–H groups in total. The maximum atomic E-state index is 9.45. The Morgan fingerprint density at radius 1 is 0.971 bits per heavy atom. The number of aliphatic imine (C=N–C) groups is 1. The normalized spacial score (nSPS) is 17.8. The SMILES string of the molecule is C=CCCCCCCCCCCCCCCCC1=NCC[N+]1(CC)CCO.CCOS(=O)(=O)[O-]. The minimum atomic E-state index is -4.42. The molecule has 1 aliphatic heterocycles. The zero-order valence-electron chi connectivity index (χ0n) is 22.0. The Bertz CT molecular complexity index is 625. The van der Waals surface area contributed by atoms with E-state index in [9.17, 15) is 18.1 Å². The highest BCUT2D eigenvalue weighted by atomic mass is 32.3. The third-order valence-corrected chi connectivity index (χ3v) is 7.10. The summed E-state index contributed by atoms with van der Waals surface area (Å²) in [6, 6.07) is 0. The van der Waals surface area contributed by atoms with E-state index in [1.807, 2.05) is 6.08 Å². The highest BCUT2D eigenvalue weighted by molar-refractivity contribution is 7.80. The van der Waals surface area contributed by atoms with Gasteiger partial charge in [-0.15, -0.1) is 6.58 Å². The molecule has 1 unspecified atom stereocenters. The Labute approximate surface area is 210 Å². The first kappa shape index (κ1) is 33.2. The molecular weight excluding hydrogens is 452 g/mol. The molecule has 34 heavy (non-hydrogen) atoms. The lowest BCUT2D eigenvalue weighted by Crippen LogP contribution is -2.52. The third-order valence-electron chi connectivity index (χ3n) is 6.57. The standard InChI is InChI=1S/C24H47N2O.C2H6O4S/c1-3-5-6-7-8-9-10-11-12-13-14-15-16-17-18-19-24-25-20-21-26(24,4-2)22-23-27;1-2-6-7(3,4)5/h3,27H,1,4-23H2,2H3;2H2,1H3,(H,3,4,5)/q+1;/p-1. The molecule has 202 valence electrons. The summed E-state index contributed by atoms with van der Waals surface area (Å²) in [5, 5.41) is 9.37. The molecule has 1 atom stereocenters. The van der Waals surface area contributed by atoms with Gasteiger partial charge in [-0.25, -0.2) is 13.4 Å². The van der Waals surface area contributed by atoms with Crippen molar-refractivity contribution in [2.24, 2.45) is 4.99 Å². The number of hydrogen-bond acceptors (Lipinski definition) is 6. The molecule has 0 fully saturated rings. The fraction of sp³-hybridized carbons (Fsp3) is 0.885. The Kier molecular flexibility index (Phi) is 21.0. The summed E-state index contributed by atoms with van der Waals surface area (Å²) in [7, 11) is -4.42. The molecule has 0 aromatic rings. The molecule has 0 spiro atoms. The zero-order chi connectivity index (χ0) is 25.5. The van der Waals surface area contributed by atoms with E-state index >= 15 is 0 Å². The second-order valence-electron chi connectivity index (χ2n) is 9.17. The summed E-state index contributed by atoms with van der Waals surface area (Å²) in [5.74, 6) is 1.36. The van der Waals surface area contributed by atoms with Crippen LogP contribution in [0.4, 0.5) is 0 Å². The van der Waals surface area contributed by atoms with Crippen LogP contribution in [0, 0.1) is 0 Å². The number of allylic oxidation sites excluding steroid dienone is 1. The minimum Gasteiger partial charge on any atom is -0.726 e. The molecule has 0 saturated heterocycles. The van der Waals surface area contributed by atoms with Gasteiger partial charge < -0.3 is 9.66 Å². The van der Waals surface area contributed by atoms with E-state index in [-0.39, 0.29) is 13.2 Å². The molecule has 8 heteroatoms. The smallest absolute Gasteiger partial charge is 0.217 e. The predicted molar refractivity (Wildman–Crippen MR) is 141 cm³/mol. The Hall–Kier alpha value is -0.800. The van der Waals surface area contributed by atoms with Gasteiger partial charge in [-0.05, 0) is 33.1 Å². The molecule has 1 aliphatic rings. The van der Waals surface area contributed by atoms with Gasteiger partial charge in [-0.3, -0.25) is 8.67 Å². The summed E-state index contributed by atoms with van der Waals surface area (Å²) in [6.07, 6.45) is 22.5. The molecule has 0 bridgehead atoms. The summed E-state index contributed by atoms with van der Waals surface area (Å²) in [4.78, 5) is 4.76. The molecule has 1 rings (SSSR count). The second kappa shape index (κ2) is 21.5. The van der Waals surface area contributed by atoms with Crippen LogP contribution in [0.15, 0.2) is 17.6 Å². The Balaban J connectivity index is 0.00000135. The van der Waals surface area contributed by atoms with Crippen LogP contribution in [0.3, 0.4) is 0 Å². The number of amidine groups is 1. The number of aliphatic hydroxyl groups excluding tert-OH is 1. The topological polar surface area (TPSA) is 99.0 Å². The maximum absolute atomic E-state index is 9.45. The van der Waals surface area contributed by atoms with Crippen LogP contribution < -0.4 is 0 Å². The molecule has 7 nitrogen and oxygen atoms in total. The predicted octanol–water partition coefficient (Wildman–Crippen LogP) is 5.75. The summed E-state index contributed by atoms with van der Waals surface area (Å²) < 4.78 is 33.0. The summed E-state index contributed by atoms with van der Waals surface area (Å²) in [6.45, 7) is 11.6. The molecule has 0 amide bonds. The van der Waals surface area contributed by atoms with E-state index in [0.29, 0.717) is 0 Å². The van der Waals surface area contributed by atoms with Gasteiger partial charge in [0, 0.05) is 6.42 Å². The van der Waals surface area contributed by atoms with Gasteiger partial charge in [0.05, 0.1) is 26.3 Å². The molecular formula is C26H52N2O5S. The van der Waals surface area contributed by atoms with Crippen LogP contribution in [-0.2, 0) is 14.6 Å². The van der Waals surface area contributed by atoms with E-state index in [4.69, 9.17) is 4.99 Å². The average molecular weight is 505 g/mol. The number of rotatable bonds is 21. The first-order valence-electron chi connectivity index (χ1n) is 13.6. The van der Waals surface area contributed by atoms with E-state index in [2.05, 4.69) is 17.7 Å². The van der Waals surface area contributed by atoms with Gasteiger partial charge in [-0.2, -0.15) is 0 Å². The lowest BCUT2D eigenvalue weighted by Gasteiger charge is -2.33. The average Bonchev–Trinajstić information content (AvgIpc) is 3.19. The van der Waals surface area contributed by atoms with Crippen molar-refractivity contribution in [1.82, 2.24) is 0 Å². The zero-order valence-corrected chi connectivity index (χ0v) is 22.8. The first-order valence-corrected chi connectivity index (χ1v) is 14.9. The Morgan fingerprint density at radius 3 is 1.85 bits per heavy atom. The van der Waals surface area contributed by atoms with E-state index in [0.717, 1.165) is 37.1 Å². The van der Waals surface area contributed by atoms with E-state index in [1.165, 1.54) is 103 Å². The van der Waals surface area contributed by atoms with Crippen LogP contribution >= 0.6 is 0 Å².